The molecule has 3 nitrogen and oxygen atoms in total. The molecule has 166 valence electrons. The zero-order valence-electron chi connectivity index (χ0n) is 18.7. The van der Waals surface area contributed by atoms with Crippen LogP contribution in [0.2, 0.25) is 0 Å². The minimum absolute atomic E-state index is 0.993. The van der Waals surface area contributed by atoms with Gasteiger partial charge in [-0.15, -0.1) is 0 Å². The van der Waals surface area contributed by atoms with Crippen molar-refractivity contribution in [3.8, 4) is 0 Å². The second-order valence-electron chi connectivity index (χ2n) is 8.63. The van der Waals surface area contributed by atoms with Gasteiger partial charge in [-0.2, -0.15) is 0 Å². The number of fused-ring (bicyclic) bond motifs is 8. The van der Waals surface area contributed by atoms with Crippen LogP contribution < -0.4 is 15.9 Å². The average Bonchev–Trinajstić information content (AvgIpc) is 3.34. The Balaban J connectivity index is 1.68. The zero-order valence-corrected chi connectivity index (χ0v) is 21.4. The number of hydrogen-bond acceptors (Lipinski definition) is 2. The van der Waals surface area contributed by atoms with Crippen molar-refractivity contribution in [1.29, 1.82) is 0 Å². The Kier molecular flexibility index (Phi) is 4.75. The van der Waals surface area contributed by atoms with Crippen LogP contribution in [-0.2, 0) is 0 Å². The molecule has 4 aromatic carbocycles. The van der Waals surface area contributed by atoms with Gasteiger partial charge in [-0.05, 0) is 0 Å². The minimum atomic E-state index is -2.11. The number of pyridine rings is 2. The summed E-state index contributed by atoms with van der Waals surface area (Å²) in [5.74, 6) is 0. The average molecular weight is 532 g/mol. The van der Waals surface area contributed by atoms with Crippen LogP contribution in [-0.4, -0.2) is 29.5 Å². The zero-order chi connectivity index (χ0) is 23.4. The molecule has 0 radical (unpaired) electrons. The Morgan fingerprint density at radius 2 is 1.29 bits per heavy atom. The Morgan fingerprint density at radius 1 is 0.600 bits per heavy atom. The van der Waals surface area contributed by atoms with Crippen LogP contribution in [0.15, 0.2) is 122 Å². The molecule has 3 heterocycles. The SMILES string of the molecule is [Se]=P(c1ccccc1)(c1cccnc1)c1cccc2c1nc1c3ccccc3c3ccccc3n21. The van der Waals surface area contributed by atoms with Crippen LogP contribution in [0.1, 0.15) is 0 Å². The third kappa shape index (κ3) is 3.01. The molecule has 35 heavy (non-hydrogen) atoms. The number of aromatic nitrogens is 3. The number of nitrogens with zero attached hydrogens (tertiary/aromatic N) is 3. The van der Waals surface area contributed by atoms with Gasteiger partial charge in [0, 0.05) is 0 Å². The van der Waals surface area contributed by atoms with Crippen molar-refractivity contribution in [3.05, 3.63) is 122 Å². The fraction of sp³-hybridized carbons (Fsp3) is 0. The second-order valence-corrected chi connectivity index (χ2v) is 14.8. The second kappa shape index (κ2) is 8.00. The van der Waals surface area contributed by atoms with Crippen LogP contribution in [0, 0.1) is 0 Å². The summed E-state index contributed by atoms with van der Waals surface area (Å²) < 4.78 is 2.33. The van der Waals surface area contributed by atoms with E-state index in [1.807, 2.05) is 18.5 Å². The summed E-state index contributed by atoms with van der Waals surface area (Å²) in [4.78, 5) is 9.85. The van der Waals surface area contributed by atoms with E-state index in [0.717, 1.165) is 16.7 Å². The number of hydrogen-bond donors (Lipinski definition) is 0. The first kappa shape index (κ1) is 20.8. The van der Waals surface area contributed by atoms with E-state index in [2.05, 4.69) is 128 Å². The maximum atomic E-state index is 5.36. The molecule has 0 spiro atoms. The van der Waals surface area contributed by atoms with Gasteiger partial charge in [0.25, 0.3) is 0 Å². The molecule has 0 saturated carbocycles. The summed E-state index contributed by atoms with van der Waals surface area (Å²) in [5, 5.41) is 7.33. The molecule has 0 amide bonds. The van der Waals surface area contributed by atoms with Crippen molar-refractivity contribution in [1.82, 2.24) is 14.4 Å². The van der Waals surface area contributed by atoms with Crippen LogP contribution in [0.5, 0.6) is 0 Å². The number of benzene rings is 4. The summed E-state index contributed by atoms with van der Waals surface area (Å²) in [6.07, 6.45) is 3.83. The molecule has 1 unspecified atom stereocenters. The van der Waals surface area contributed by atoms with Crippen molar-refractivity contribution < 1.29 is 0 Å². The van der Waals surface area contributed by atoms with Gasteiger partial charge in [0.1, 0.15) is 0 Å². The summed E-state index contributed by atoms with van der Waals surface area (Å²) in [6, 6.07) is 38.7. The molecule has 1 atom stereocenters. The molecule has 7 aromatic rings. The van der Waals surface area contributed by atoms with Crippen LogP contribution in [0.25, 0.3) is 38.4 Å². The molecule has 5 heteroatoms. The Morgan fingerprint density at radius 3 is 2.09 bits per heavy atom. The third-order valence-electron chi connectivity index (χ3n) is 6.74. The summed E-state index contributed by atoms with van der Waals surface area (Å²) in [5.41, 5.74) is 2.21. The topological polar surface area (TPSA) is 30.2 Å². The van der Waals surface area contributed by atoms with Gasteiger partial charge in [0.05, 0.1) is 0 Å². The van der Waals surface area contributed by atoms with Gasteiger partial charge in [-0.25, -0.2) is 0 Å². The molecule has 0 fully saturated rings. The van der Waals surface area contributed by atoms with E-state index in [1.165, 1.54) is 37.6 Å². The summed E-state index contributed by atoms with van der Waals surface area (Å²) >= 11 is 3.67. The fourth-order valence-electron chi connectivity index (χ4n) is 5.18. The Hall–Kier alpha value is -3.55. The number of imidazole rings is 1. The molecule has 0 saturated heterocycles. The van der Waals surface area contributed by atoms with Crippen LogP contribution >= 0.6 is 5.51 Å². The Bertz CT molecular complexity index is 1880. The third-order valence-corrected chi connectivity index (χ3v) is 13.7. The van der Waals surface area contributed by atoms with Crippen molar-refractivity contribution in [2.75, 3.05) is 0 Å². The van der Waals surface area contributed by atoms with Crippen molar-refractivity contribution in [2.45, 2.75) is 0 Å². The van der Waals surface area contributed by atoms with Crippen molar-refractivity contribution in [3.63, 3.8) is 0 Å². The molecule has 7 rings (SSSR count). The summed E-state index contributed by atoms with van der Waals surface area (Å²) in [7, 11) is 0. The molecule has 0 N–H and O–H groups in total. The van der Waals surface area contributed by atoms with Crippen molar-refractivity contribution in [2.24, 2.45) is 0 Å². The van der Waals surface area contributed by atoms with Crippen LogP contribution in [0.3, 0.4) is 0 Å². The first-order chi connectivity index (χ1) is 17.3. The van der Waals surface area contributed by atoms with Gasteiger partial charge in [-0.3, -0.25) is 0 Å². The summed E-state index contributed by atoms with van der Waals surface area (Å²) in [6.45, 7) is 0. The van der Waals surface area contributed by atoms with E-state index in [-0.39, 0.29) is 0 Å². The van der Waals surface area contributed by atoms with E-state index in [1.54, 1.807) is 0 Å². The van der Waals surface area contributed by atoms with Crippen molar-refractivity contribution >= 4 is 74.9 Å². The van der Waals surface area contributed by atoms with E-state index in [4.69, 9.17) is 4.98 Å². The van der Waals surface area contributed by atoms with Gasteiger partial charge < -0.3 is 0 Å². The monoisotopic (exact) mass is 533 g/mol. The quantitative estimate of drug-likeness (QED) is 0.169. The number of para-hydroxylation sites is 2. The maximum absolute atomic E-state index is 5.36. The number of rotatable bonds is 3. The van der Waals surface area contributed by atoms with Gasteiger partial charge in [-0.1, -0.05) is 0 Å². The predicted molar refractivity (Wildman–Crippen MR) is 150 cm³/mol. The van der Waals surface area contributed by atoms with E-state index in [9.17, 15) is 0 Å². The molecular weight excluding hydrogens is 512 g/mol. The normalized spacial score (nSPS) is 13.5. The predicted octanol–water partition coefficient (Wildman–Crippen LogP) is 5.57. The molecular formula is C30H20N3PSe. The first-order valence-corrected chi connectivity index (χ1v) is 15.5. The molecule has 0 aliphatic carbocycles. The molecule has 0 aliphatic rings. The van der Waals surface area contributed by atoms with Gasteiger partial charge >= 0.3 is 211 Å². The van der Waals surface area contributed by atoms with Gasteiger partial charge in [0.15, 0.2) is 0 Å². The first-order valence-electron chi connectivity index (χ1n) is 11.5. The molecule has 0 bridgehead atoms. The van der Waals surface area contributed by atoms with E-state index >= 15 is 0 Å². The van der Waals surface area contributed by atoms with E-state index in [0.29, 0.717) is 0 Å². The Labute approximate surface area is 210 Å². The standard InChI is InChI=1S/C30H20N3PSe/c35-34(21-10-2-1-3-11-21,22-12-9-19-31-20-22)28-18-8-17-27-29(28)32-30-25-15-5-4-13-23(25)24-14-6-7-16-26(24)33(27)30/h1-20H. The molecule has 3 aromatic heterocycles. The van der Waals surface area contributed by atoms with E-state index < -0.39 is 5.51 Å². The van der Waals surface area contributed by atoms with Gasteiger partial charge in [0.2, 0.25) is 0 Å². The molecule has 0 aliphatic heterocycles. The fourth-order valence-corrected chi connectivity index (χ4v) is 10.3. The van der Waals surface area contributed by atoms with Crippen LogP contribution in [0.4, 0.5) is 0 Å².